The minimum Gasteiger partial charge on any atom is -0.497 e. The molecule has 0 spiro atoms. The van der Waals surface area contributed by atoms with Gasteiger partial charge in [0.15, 0.2) is 0 Å². The Morgan fingerprint density at radius 1 is 1.17 bits per heavy atom. The number of rotatable bonds is 5. The summed E-state index contributed by atoms with van der Waals surface area (Å²) in [6.07, 6.45) is 6.88. The molecule has 1 aliphatic carbocycles. The molecule has 2 aromatic rings. The third kappa shape index (κ3) is 4.17. The lowest BCUT2D eigenvalue weighted by atomic mass is 9.88. The Bertz CT molecular complexity index is 932. The first-order valence-corrected chi connectivity index (χ1v) is 10.6. The van der Waals surface area contributed by atoms with Crippen molar-refractivity contribution in [1.82, 2.24) is 14.9 Å². The van der Waals surface area contributed by atoms with Gasteiger partial charge in [0, 0.05) is 43.6 Å². The summed E-state index contributed by atoms with van der Waals surface area (Å²) >= 11 is 0. The number of hydrogen-bond donors (Lipinski definition) is 1. The largest absolute Gasteiger partial charge is 0.497 e. The van der Waals surface area contributed by atoms with Crippen LogP contribution in [-0.4, -0.2) is 35.6 Å². The maximum absolute atomic E-state index is 12.8. The molecule has 1 N–H and O–H groups in total. The SMILES string of the molecule is COc1cc(C)c(CN2CCc3nc(C4CCCCC4)[nH]c(=O)c3C2)c(OC)c1. The zero-order valence-electron chi connectivity index (χ0n) is 17.7. The number of H-pyrrole nitrogens is 1. The van der Waals surface area contributed by atoms with Crippen LogP contribution in [0.2, 0.25) is 0 Å². The highest BCUT2D eigenvalue weighted by atomic mass is 16.5. The Kier molecular flexibility index (Phi) is 5.90. The maximum atomic E-state index is 12.8. The van der Waals surface area contributed by atoms with Crippen LogP contribution in [0.3, 0.4) is 0 Å². The summed E-state index contributed by atoms with van der Waals surface area (Å²) in [5.41, 5.74) is 4.12. The zero-order valence-corrected chi connectivity index (χ0v) is 17.7. The van der Waals surface area contributed by atoms with Crippen molar-refractivity contribution in [2.75, 3.05) is 20.8 Å². The quantitative estimate of drug-likeness (QED) is 0.833. The van der Waals surface area contributed by atoms with E-state index >= 15 is 0 Å². The smallest absolute Gasteiger partial charge is 0.255 e. The van der Waals surface area contributed by atoms with Crippen LogP contribution in [0.1, 0.15) is 66.2 Å². The lowest BCUT2D eigenvalue weighted by molar-refractivity contribution is 0.236. The molecule has 1 aliphatic heterocycles. The third-order valence-electron chi connectivity index (χ3n) is 6.40. The van der Waals surface area contributed by atoms with E-state index in [1.165, 1.54) is 19.3 Å². The van der Waals surface area contributed by atoms with Crippen LogP contribution in [0.5, 0.6) is 11.5 Å². The monoisotopic (exact) mass is 397 g/mol. The molecule has 6 nitrogen and oxygen atoms in total. The average molecular weight is 398 g/mol. The molecular formula is C23H31N3O3. The number of benzene rings is 1. The molecule has 29 heavy (non-hydrogen) atoms. The van der Waals surface area contributed by atoms with E-state index in [0.29, 0.717) is 12.5 Å². The number of ether oxygens (including phenoxy) is 2. The summed E-state index contributed by atoms with van der Waals surface area (Å²) in [6.45, 7) is 4.32. The topological polar surface area (TPSA) is 67.5 Å². The number of aromatic amines is 1. The van der Waals surface area contributed by atoms with E-state index in [-0.39, 0.29) is 5.56 Å². The van der Waals surface area contributed by atoms with Crippen molar-refractivity contribution in [3.8, 4) is 11.5 Å². The van der Waals surface area contributed by atoms with E-state index in [9.17, 15) is 4.79 Å². The highest BCUT2D eigenvalue weighted by Gasteiger charge is 2.25. The number of aryl methyl sites for hydroxylation is 1. The molecule has 1 aromatic carbocycles. The molecule has 0 radical (unpaired) electrons. The van der Waals surface area contributed by atoms with Crippen LogP contribution in [0.25, 0.3) is 0 Å². The minimum atomic E-state index is 0.0405. The Morgan fingerprint density at radius 3 is 2.69 bits per heavy atom. The fourth-order valence-electron chi connectivity index (χ4n) is 4.68. The van der Waals surface area contributed by atoms with Crippen LogP contribution in [0, 0.1) is 6.92 Å². The minimum absolute atomic E-state index is 0.0405. The van der Waals surface area contributed by atoms with Gasteiger partial charge < -0.3 is 14.5 Å². The summed E-state index contributed by atoms with van der Waals surface area (Å²) in [4.78, 5) is 23.1. The van der Waals surface area contributed by atoms with Gasteiger partial charge in [-0.15, -0.1) is 0 Å². The zero-order chi connectivity index (χ0) is 20.4. The second-order valence-electron chi connectivity index (χ2n) is 8.30. The number of aromatic nitrogens is 2. The van der Waals surface area contributed by atoms with Gasteiger partial charge in [0.05, 0.1) is 25.5 Å². The van der Waals surface area contributed by atoms with E-state index in [4.69, 9.17) is 14.5 Å². The van der Waals surface area contributed by atoms with Crippen molar-refractivity contribution in [2.24, 2.45) is 0 Å². The second-order valence-corrected chi connectivity index (χ2v) is 8.30. The predicted molar refractivity (Wildman–Crippen MR) is 113 cm³/mol. The van der Waals surface area contributed by atoms with Gasteiger partial charge in [0.2, 0.25) is 0 Å². The van der Waals surface area contributed by atoms with Crippen molar-refractivity contribution in [3.63, 3.8) is 0 Å². The Labute approximate surface area is 172 Å². The van der Waals surface area contributed by atoms with Crippen molar-refractivity contribution in [2.45, 2.75) is 64.5 Å². The average Bonchev–Trinajstić information content (AvgIpc) is 2.75. The van der Waals surface area contributed by atoms with Gasteiger partial charge in [-0.3, -0.25) is 9.69 Å². The molecule has 2 heterocycles. The van der Waals surface area contributed by atoms with E-state index in [1.807, 2.05) is 12.1 Å². The Hall–Kier alpha value is -2.34. The summed E-state index contributed by atoms with van der Waals surface area (Å²) in [5, 5.41) is 0. The van der Waals surface area contributed by atoms with Gasteiger partial charge in [-0.2, -0.15) is 0 Å². The van der Waals surface area contributed by atoms with Crippen LogP contribution in [0.4, 0.5) is 0 Å². The number of nitrogens with one attached hydrogen (secondary N) is 1. The maximum Gasteiger partial charge on any atom is 0.255 e. The van der Waals surface area contributed by atoms with Gasteiger partial charge in [0.1, 0.15) is 17.3 Å². The normalized spacial score (nSPS) is 17.8. The van der Waals surface area contributed by atoms with Gasteiger partial charge in [-0.05, 0) is 31.4 Å². The number of nitrogens with zero attached hydrogens (tertiary/aromatic N) is 2. The highest BCUT2D eigenvalue weighted by molar-refractivity contribution is 5.46. The number of methoxy groups -OCH3 is 2. The first-order valence-electron chi connectivity index (χ1n) is 10.6. The first kappa shape index (κ1) is 20.0. The standard InChI is InChI=1S/C23H31N3O3/c1-15-11-17(28-2)12-21(29-3)18(15)13-26-10-9-20-19(14-26)23(27)25-22(24-20)16-7-5-4-6-8-16/h11-12,16H,4-10,13-14H2,1-3H3,(H,24,25,27). The van der Waals surface area contributed by atoms with E-state index in [0.717, 1.165) is 72.1 Å². The van der Waals surface area contributed by atoms with Crippen molar-refractivity contribution in [3.05, 3.63) is 50.7 Å². The van der Waals surface area contributed by atoms with Crippen molar-refractivity contribution >= 4 is 0 Å². The predicted octanol–water partition coefficient (Wildman–Crippen LogP) is 3.70. The Morgan fingerprint density at radius 2 is 1.97 bits per heavy atom. The molecule has 1 saturated carbocycles. The van der Waals surface area contributed by atoms with E-state index < -0.39 is 0 Å². The molecule has 0 amide bonds. The molecule has 156 valence electrons. The molecule has 6 heteroatoms. The third-order valence-corrected chi connectivity index (χ3v) is 6.40. The van der Waals surface area contributed by atoms with Gasteiger partial charge in [-0.1, -0.05) is 19.3 Å². The summed E-state index contributed by atoms with van der Waals surface area (Å²) < 4.78 is 11.0. The second kappa shape index (κ2) is 8.57. The van der Waals surface area contributed by atoms with Crippen molar-refractivity contribution < 1.29 is 9.47 Å². The molecule has 0 atom stereocenters. The van der Waals surface area contributed by atoms with Crippen LogP contribution in [0.15, 0.2) is 16.9 Å². The molecule has 4 rings (SSSR count). The molecule has 0 bridgehead atoms. The molecule has 1 fully saturated rings. The lowest BCUT2D eigenvalue weighted by Gasteiger charge is -2.30. The highest BCUT2D eigenvalue weighted by Crippen LogP contribution is 2.32. The molecular weight excluding hydrogens is 366 g/mol. The van der Waals surface area contributed by atoms with Gasteiger partial charge in [0.25, 0.3) is 5.56 Å². The van der Waals surface area contributed by atoms with E-state index in [1.54, 1.807) is 14.2 Å². The fraction of sp³-hybridized carbons (Fsp3) is 0.565. The summed E-state index contributed by atoms with van der Waals surface area (Å²) in [6, 6.07) is 3.95. The van der Waals surface area contributed by atoms with Crippen LogP contribution >= 0.6 is 0 Å². The first-order chi connectivity index (χ1) is 14.1. The lowest BCUT2D eigenvalue weighted by Crippen LogP contribution is -2.36. The Balaban J connectivity index is 1.54. The number of fused-ring (bicyclic) bond motifs is 1. The summed E-state index contributed by atoms with van der Waals surface area (Å²) in [7, 11) is 3.35. The van der Waals surface area contributed by atoms with Gasteiger partial charge >= 0.3 is 0 Å². The molecule has 1 aromatic heterocycles. The fourth-order valence-corrected chi connectivity index (χ4v) is 4.68. The molecule has 0 saturated heterocycles. The summed E-state index contributed by atoms with van der Waals surface area (Å²) in [5.74, 6) is 2.95. The van der Waals surface area contributed by atoms with Crippen molar-refractivity contribution in [1.29, 1.82) is 0 Å². The number of hydrogen-bond acceptors (Lipinski definition) is 5. The van der Waals surface area contributed by atoms with Crippen LogP contribution in [-0.2, 0) is 19.5 Å². The molecule has 0 unspecified atom stereocenters. The molecule has 2 aliphatic rings. The van der Waals surface area contributed by atoms with Gasteiger partial charge in [-0.25, -0.2) is 4.98 Å². The van der Waals surface area contributed by atoms with E-state index in [2.05, 4.69) is 16.8 Å². The van der Waals surface area contributed by atoms with Crippen LogP contribution < -0.4 is 15.0 Å².